The number of aromatic nitrogens is 2. The molecule has 2 aromatic rings. The molecule has 0 radical (unpaired) electrons. The highest BCUT2D eigenvalue weighted by atomic mass is 16.5. The van der Waals surface area contributed by atoms with Gasteiger partial charge in [-0.2, -0.15) is 0 Å². The Bertz CT molecular complexity index is 776. The molecule has 0 spiro atoms. The number of hydrogen-bond donors (Lipinski definition) is 2. The highest BCUT2D eigenvalue weighted by Crippen LogP contribution is 2.15. The molecule has 7 nitrogen and oxygen atoms in total. The third kappa shape index (κ3) is 5.92. The first-order valence-electron chi connectivity index (χ1n) is 9.45. The molecule has 1 aromatic heterocycles. The average Bonchev–Trinajstić information content (AvgIpc) is 3.11. The summed E-state index contributed by atoms with van der Waals surface area (Å²) < 4.78 is 4.83. The Balaban J connectivity index is 0.00000126. The third-order valence-corrected chi connectivity index (χ3v) is 4.16. The zero-order valence-corrected chi connectivity index (χ0v) is 16.2. The number of likely N-dealkylation sites (tertiary alicyclic amines) is 1. The molecule has 0 saturated carbocycles. The fourth-order valence-electron chi connectivity index (χ4n) is 2.95. The van der Waals surface area contributed by atoms with Crippen molar-refractivity contribution in [1.29, 1.82) is 0 Å². The Labute approximate surface area is 159 Å². The Morgan fingerprint density at radius 1 is 1.33 bits per heavy atom. The van der Waals surface area contributed by atoms with Gasteiger partial charge in [0.05, 0.1) is 12.8 Å². The van der Waals surface area contributed by atoms with Gasteiger partial charge in [-0.3, -0.25) is 14.7 Å². The molecular weight excluding hydrogens is 344 g/mol. The van der Waals surface area contributed by atoms with Crippen LogP contribution >= 0.6 is 0 Å². The number of carbonyl (C=O) groups excluding carboxylic acids is 1. The number of benzene rings is 1. The minimum Gasteiger partial charge on any atom is -0.462 e. The van der Waals surface area contributed by atoms with Crippen LogP contribution in [0.5, 0.6) is 0 Å². The predicted molar refractivity (Wildman–Crippen MR) is 106 cm³/mol. The van der Waals surface area contributed by atoms with E-state index in [1.165, 1.54) is 11.8 Å². The number of nitrogens with zero attached hydrogens (tertiary/aromatic N) is 2. The van der Waals surface area contributed by atoms with Crippen LogP contribution < -0.4 is 10.9 Å². The van der Waals surface area contributed by atoms with Crippen LogP contribution in [0.2, 0.25) is 0 Å². The summed E-state index contributed by atoms with van der Waals surface area (Å²) in [5, 5.41) is 3.24. The lowest BCUT2D eigenvalue weighted by Crippen LogP contribution is -2.28. The normalized spacial score (nSPS) is 16.3. The quantitative estimate of drug-likeness (QED) is 0.758. The Morgan fingerprint density at radius 2 is 2.07 bits per heavy atom. The maximum atomic E-state index is 12.0. The van der Waals surface area contributed by atoms with Crippen LogP contribution in [0.1, 0.15) is 43.1 Å². The predicted octanol–water partition coefficient (Wildman–Crippen LogP) is 2.66. The molecule has 0 aliphatic carbocycles. The van der Waals surface area contributed by atoms with Crippen LogP contribution in [0.4, 0.5) is 5.95 Å². The summed E-state index contributed by atoms with van der Waals surface area (Å²) in [5.74, 6) is -0.276. The van der Waals surface area contributed by atoms with E-state index in [-0.39, 0.29) is 18.2 Å². The molecule has 27 heavy (non-hydrogen) atoms. The number of aromatic amines is 1. The van der Waals surface area contributed by atoms with Crippen molar-refractivity contribution in [3.8, 4) is 0 Å². The lowest BCUT2D eigenvalue weighted by atomic mass is 10.2. The van der Waals surface area contributed by atoms with Gasteiger partial charge in [-0.1, -0.05) is 44.2 Å². The first-order valence-corrected chi connectivity index (χ1v) is 9.45. The topological polar surface area (TPSA) is 87.3 Å². The van der Waals surface area contributed by atoms with E-state index < -0.39 is 11.5 Å². The Morgan fingerprint density at radius 3 is 2.74 bits per heavy atom. The van der Waals surface area contributed by atoms with Crippen LogP contribution in [0.3, 0.4) is 0 Å². The second-order valence-electron chi connectivity index (χ2n) is 6.05. The van der Waals surface area contributed by atoms with Gasteiger partial charge in [-0.25, -0.2) is 9.78 Å². The number of ether oxygens (including phenoxy) is 1. The Kier molecular flexibility index (Phi) is 8.00. The van der Waals surface area contributed by atoms with Crippen molar-refractivity contribution in [2.75, 3.05) is 25.0 Å². The van der Waals surface area contributed by atoms with Gasteiger partial charge >= 0.3 is 5.97 Å². The van der Waals surface area contributed by atoms with Crippen molar-refractivity contribution < 1.29 is 9.53 Å². The van der Waals surface area contributed by atoms with Gasteiger partial charge in [0.15, 0.2) is 0 Å². The molecule has 1 aromatic carbocycles. The molecule has 1 unspecified atom stereocenters. The molecule has 1 saturated heterocycles. The summed E-state index contributed by atoms with van der Waals surface area (Å²) in [5.41, 5.74) is 0.716. The monoisotopic (exact) mass is 372 g/mol. The summed E-state index contributed by atoms with van der Waals surface area (Å²) >= 11 is 0. The third-order valence-electron chi connectivity index (χ3n) is 4.16. The van der Waals surface area contributed by atoms with E-state index in [1.54, 1.807) is 6.92 Å². The summed E-state index contributed by atoms with van der Waals surface area (Å²) in [6.07, 6.45) is 2.23. The summed E-state index contributed by atoms with van der Waals surface area (Å²) in [6, 6.07) is 10.5. The number of esters is 1. The van der Waals surface area contributed by atoms with E-state index in [4.69, 9.17) is 4.74 Å². The molecule has 0 amide bonds. The molecule has 0 bridgehead atoms. The Hall–Kier alpha value is -2.67. The van der Waals surface area contributed by atoms with Crippen molar-refractivity contribution in [3.05, 3.63) is 58.0 Å². The molecule has 1 aliphatic rings. The molecule has 1 fully saturated rings. The molecule has 3 rings (SSSR count). The number of hydrogen-bond acceptors (Lipinski definition) is 6. The zero-order valence-electron chi connectivity index (χ0n) is 16.2. The van der Waals surface area contributed by atoms with Crippen LogP contribution in [0.15, 0.2) is 41.3 Å². The lowest BCUT2D eigenvalue weighted by Gasteiger charge is -2.17. The van der Waals surface area contributed by atoms with Crippen molar-refractivity contribution >= 4 is 11.9 Å². The van der Waals surface area contributed by atoms with Crippen LogP contribution in [0, 0.1) is 0 Å². The average molecular weight is 372 g/mol. The smallest absolute Gasteiger partial charge is 0.345 e. The van der Waals surface area contributed by atoms with Crippen LogP contribution in [-0.4, -0.2) is 46.6 Å². The van der Waals surface area contributed by atoms with Crippen LogP contribution in [-0.2, 0) is 11.3 Å². The van der Waals surface area contributed by atoms with Crippen molar-refractivity contribution in [2.45, 2.75) is 39.8 Å². The van der Waals surface area contributed by atoms with Gasteiger partial charge in [0.25, 0.3) is 5.56 Å². The first kappa shape index (κ1) is 20.6. The minimum absolute atomic E-state index is 0.0791. The number of carbonyl (C=O) groups is 1. The fraction of sp³-hybridized carbons (Fsp3) is 0.450. The SMILES string of the molecule is CC.CCOC(=O)c1cnc(NC2CCN(Cc3ccccc3)C2)[nH]c1=O. The second kappa shape index (κ2) is 10.5. The van der Waals surface area contributed by atoms with Gasteiger partial charge in [-0.05, 0) is 18.9 Å². The maximum Gasteiger partial charge on any atom is 0.345 e. The minimum atomic E-state index is -0.655. The zero-order chi connectivity index (χ0) is 19.6. The summed E-state index contributed by atoms with van der Waals surface area (Å²) in [6.45, 7) is 8.68. The van der Waals surface area contributed by atoms with Crippen molar-refractivity contribution in [3.63, 3.8) is 0 Å². The van der Waals surface area contributed by atoms with Gasteiger partial charge in [-0.15, -0.1) is 0 Å². The van der Waals surface area contributed by atoms with Crippen LogP contribution in [0.25, 0.3) is 0 Å². The lowest BCUT2D eigenvalue weighted by molar-refractivity contribution is 0.0524. The van der Waals surface area contributed by atoms with E-state index in [9.17, 15) is 9.59 Å². The maximum absolute atomic E-state index is 12.0. The highest BCUT2D eigenvalue weighted by Gasteiger charge is 2.23. The first-order chi connectivity index (χ1) is 13.2. The largest absolute Gasteiger partial charge is 0.462 e. The highest BCUT2D eigenvalue weighted by molar-refractivity contribution is 5.88. The summed E-state index contributed by atoms with van der Waals surface area (Å²) in [4.78, 5) is 32.7. The van der Waals surface area contributed by atoms with E-state index >= 15 is 0 Å². The van der Waals surface area contributed by atoms with E-state index in [2.05, 4.69) is 32.3 Å². The molecule has 2 N–H and O–H groups in total. The number of anilines is 1. The molecule has 1 aliphatic heterocycles. The van der Waals surface area contributed by atoms with Gasteiger partial charge < -0.3 is 10.1 Å². The molecule has 1 atom stereocenters. The van der Waals surface area contributed by atoms with Gasteiger partial charge in [0.2, 0.25) is 5.95 Å². The van der Waals surface area contributed by atoms with Crippen molar-refractivity contribution in [2.24, 2.45) is 0 Å². The van der Waals surface area contributed by atoms with E-state index in [1.807, 2.05) is 32.0 Å². The second-order valence-corrected chi connectivity index (χ2v) is 6.05. The molecule has 146 valence electrons. The number of H-pyrrole nitrogens is 1. The molecular formula is C20H28N4O3. The standard InChI is InChI=1S/C18H22N4O3.C2H6/c1-2-25-17(24)15-10-19-18(21-16(15)23)20-14-8-9-22(12-14)11-13-6-4-3-5-7-13;1-2/h3-7,10,14H,2,8-9,11-12H2,1H3,(H2,19,20,21,23);1-2H3. The van der Waals surface area contributed by atoms with E-state index in [0.29, 0.717) is 5.95 Å². The van der Waals surface area contributed by atoms with E-state index in [0.717, 1.165) is 26.1 Å². The number of nitrogens with one attached hydrogen (secondary N) is 2. The van der Waals surface area contributed by atoms with Gasteiger partial charge in [0.1, 0.15) is 5.56 Å². The molecule has 2 heterocycles. The van der Waals surface area contributed by atoms with Crippen molar-refractivity contribution in [1.82, 2.24) is 14.9 Å². The fourth-order valence-corrected chi connectivity index (χ4v) is 2.95. The number of rotatable bonds is 6. The van der Waals surface area contributed by atoms with Gasteiger partial charge in [0, 0.05) is 25.7 Å². The molecule has 7 heteroatoms. The summed E-state index contributed by atoms with van der Waals surface area (Å²) in [7, 11) is 0.